The predicted molar refractivity (Wildman–Crippen MR) is 116 cm³/mol. The van der Waals surface area contributed by atoms with Gasteiger partial charge in [0.15, 0.2) is 0 Å². The molecule has 2 aromatic carbocycles. The first-order chi connectivity index (χ1) is 14.2. The number of fused-ring (bicyclic) bond motifs is 2. The van der Waals surface area contributed by atoms with Crippen molar-refractivity contribution in [2.75, 3.05) is 0 Å². The third-order valence-electron chi connectivity index (χ3n) is 5.81. The molecular weight excluding hydrogens is 380 g/mol. The molecule has 3 heterocycles. The monoisotopic (exact) mass is 404 g/mol. The summed E-state index contributed by atoms with van der Waals surface area (Å²) in [4.78, 5) is 14.5. The van der Waals surface area contributed by atoms with Gasteiger partial charge in [-0.15, -0.1) is 11.3 Å². The molecule has 2 N–H and O–H groups in total. The van der Waals surface area contributed by atoms with E-state index >= 15 is 0 Å². The summed E-state index contributed by atoms with van der Waals surface area (Å²) in [6.07, 6.45) is 3.46. The Morgan fingerprint density at radius 3 is 2.76 bits per heavy atom. The summed E-state index contributed by atoms with van der Waals surface area (Å²) in [5.41, 5.74) is 2.21. The number of carbonyl (C=O) groups is 1. The summed E-state index contributed by atoms with van der Waals surface area (Å²) < 4.78 is 5.94. The highest BCUT2D eigenvalue weighted by Crippen LogP contribution is 2.32. The van der Waals surface area contributed by atoms with E-state index in [9.17, 15) is 4.79 Å². The van der Waals surface area contributed by atoms with E-state index in [1.54, 1.807) is 0 Å². The van der Waals surface area contributed by atoms with Crippen LogP contribution in [0.4, 0.5) is 0 Å². The molecule has 1 amide bonds. The van der Waals surface area contributed by atoms with Crippen LogP contribution < -0.4 is 15.4 Å². The zero-order valence-corrected chi connectivity index (χ0v) is 17.0. The lowest BCUT2D eigenvalue weighted by atomic mass is 9.95. The number of hydrogen-bond acceptors (Lipinski definition) is 4. The van der Waals surface area contributed by atoms with Gasteiger partial charge in [-0.2, -0.15) is 0 Å². The lowest BCUT2D eigenvalue weighted by Crippen LogP contribution is -2.42. The van der Waals surface area contributed by atoms with Gasteiger partial charge in [-0.25, -0.2) is 0 Å². The van der Waals surface area contributed by atoms with Gasteiger partial charge in [-0.05, 0) is 54.7 Å². The molecule has 3 aromatic rings. The Hall–Kier alpha value is -2.63. The minimum absolute atomic E-state index is 0.0390. The molecule has 5 heteroatoms. The van der Waals surface area contributed by atoms with Gasteiger partial charge in [0.05, 0.1) is 4.88 Å². The van der Waals surface area contributed by atoms with Crippen molar-refractivity contribution in [3.05, 3.63) is 77.2 Å². The molecule has 0 aliphatic carbocycles. The van der Waals surface area contributed by atoms with Crippen LogP contribution in [0.5, 0.6) is 5.75 Å². The average molecular weight is 405 g/mol. The Kier molecular flexibility index (Phi) is 5.08. The molecule has 3 atom stereocenters. The van der Waals surface area contributed by atoms with E-state index in [1.165, 1.54) is 24.2 Å². The maximum absolute atomic E-state index is 12.7. The van der Waals surface area contributed by atoms with Gasteiger partial charge in [-0.1, -0.05) is 42.5 Å². The smallest absolute Gasteiger partial charge is 0.261 e. The van der Waals surface area contributed by atoms with E-state index in [0.717, 1.165) is 33.1 Å². The highest BCUT2D eigenvalue weighted by Gasteiger charge is 2.39. The van der Waals surface area contributed by atoms with Crippen molar-refractivity contribution in [1.82, 2.24) is 10.6 Å². The molecule has 0 radical (unpaired) electrons. The first-order valence-corrected chi connectivity index (χ1v) is 11.0. The number of hydrogen-bond donors (Lipinski definition) is 2. The van der Waals surface area contributed by atoms with Crippen LogP contribution >= 0.6 is 11.3 Å². The molecule has 2 aliphatic rings. The van der Waals surface area contributed by atoms with Gasteiger partial charge >= 0.3 is 0 Å². The average Bonchev–Trinajstić information content (AvgIpc) is 3.50. The molecule has 5 rings (SSSR count). The lowest BCUT2D eigenvalue weighted by Gasteiger charge is -2.20. The van der Waals surface area contributed by atoms with Gasteiger partial charge in [-0.3, -0.25) is 4.79 Å². The molecule has 0 spiro atoms. The maximum Gasteiger partial charge on any atom is 0.261 e. The first-order valence-electron chi connectivity index (χ1n) is 10.2. The number of nitrogens with one attached hydrogen (secondary N) is 2. The summed E-state index contributed by atoms with van der Waals surface area (Å²) in [6, 6.07) is 23.4. The second-order valence-electron chi connectivity index (χ2n) is 7.83. The van der Waals surface area contributed by atoms with Crippen LogP contribution in [0.3, 0.4) is 0 Å². The molecule has 1 aromatic heterocycles. The summed E-state index contributed by atoms with van der Waals surface area (Å²) in [6.45, 7) is 0.542. The number of carbonyl (C=O) groups excluding carboxylic acids is 1. The fourth-order valence-electron chi connectivity index (χ4n) is 4.32. The number of thiophene rings is 1. The topological polar surface area (TPSA) is 50.4 Å². The minimum Gasteiger partial charge on any atom is -0.489 e. The zero-order valence-electron chi connectivity index (χ0n) is 16.1. The molecular formula is C24H24N2O2S. The van der Waals surface area contributed by atoms with Crippen molar-refractivity contribution in [3.63, 3.8) is 0 Å². The van der Waals surface area contributed by atoms with Crippen molar-refractivity contribution in [2.24, 2.45) is 0 Å². The molecule has 2 saturated heterocycles. The quantitative estimate of drug-likeness (QED) is 0.630. The normalized spacial score (nSPS) is 22.6. The van der Waals surface area contributed by atoms with Gasteiger partial charge in [0.1, 0.15) is 12.4 Å². The third kappa shape index (κ3) is 4.07. The Bertz CT molecular complexity index is 1000. The first kappa shape index (κ1) is 18.4. The molecule has 0 unspecified atom stereocenters. The van der Waals surface area contributed by atoms with Crippen molar-refractivity contribution in [3.8, 4) is 16.2 Å². The van der Waals surface area contributed by atoms with Crippen molar-refractivity contribution in [2.45, 2.75) is 44.0 Å². The van der Waals surface area contributed by atoms with Crippen LogP contribution in [0.2, 0.25) is 0 Å². The van der Waals surface area contributed by atoms with Crippen LogP contribution in [0.1, 0.15) is 34.5 Å². The van der Waals surface area contributed by atoms with Gasteiger partial charge < -0.3 is 15.4 Å². The molecule has 0 saturated carbocycles. The second-order valence-corrected chi connectivity index (χ2v) is 8.91. The van der Waals surface area contributed by atoms with Crippen LogP contribution in [0, 0.1) is 0 Å². The Balaban J connectivity index is 1.24. The van der Waals surface area contributed by atoms with Gasteiger partial charge in [0.25, 0.3) is 5.91 Å². The van der Waals surface area contributed by atoms with E-state index < -0.39 is 0 Å². The van der Waals surface area contributed by atoms with E-state index in [4.69, 9.17) is 4.74 Å². The lowest BCUT2D eigenvalue weighted by molar-refractivity contribution is 0.0935. The van der Waals surface area contributed by atoms with E-state index in [0.29, 0.717) is 18.7 Å². The third-order valence-corrected chi connectivity index (χ3v) is 6.95. The second kappa shape index (κ2) is 8.01. The predicted octanol–water partition coefficient (Wildman–Crippen LogP) is 4.62. The minimum atomic E-state index is 0.0390. The molecule has 4 nitrogen and oxygen atoms in total. The van der Waals surface area contributed by atoms with E-state index in [1.807, 2.05) is 48.5 Å². The summed E-state index contributed by atoms with van der Waals surface area (Å²) in [7, 11) is 0. The van der Waals surface area contributed by atoms with Crippen molar-refractivity contribution in [1.29, 1.82) is 0 Å². The molecule has 148 valence electrons. The van der Waals surface area contributed by atoms with Crippen LogP contribution in [0.15, 0.2) is 66.7 Å². The van der Waals surface area contributed by atoms with Gasteiger partial charge in [0, 0.05) is 23.0 Å². The highest BCUT2D eigenvalue weighted by atomic mass is 32.1. The van der Waals surface area contributed by atoms with Crippen LogP contribution in [-0.4, -0.2) is 24.0 Å². The summed E-state index contributed by atoms with van der Waals surface area (Å²) in [5, 5.41) is 6.80. The highest BCUT2D eigenvalue weighted by molar-refractivity contribution is 7.17. The molecule has 2 fully saturated rings. The van der Waals surface area contributed by atoms with Crippen LogP contribution in [0.25, 0.3) is 10.4 Å². The Labute approximate surface area is 174 Å². The Morgan fingerprint density at radius 2 is 1.97 bits per heavy atom. The van der Waals surface area contributed by atoms with Crippen LogP contribution in [-0.2, 0) is 6.61 Å². The standard InChI is InChI=1S/C24H24N2O2S/c27-24(26-21-14-18-9-10-20(21)25-18)23-12-11-22(29-23)17-7-4-8-19(13-17)28-15-16-5-2-1-3-6-16/h1-8,11-13,18,20-21,25H,9-10,14-15H2,(H,26,27)/t18-,20+,21-/m1/s1. The number of ether oxygens (including phenoxy) is 1. The number of rotatable bonds is 6. The Morgan fingerprint density at radius 1 is 1.07 bits per heavy atom. The zero-order chi connectivity index (χ0) is 19.6. The molecule has 29 heavy (non-hydrogen) atoms. The van der Waals surface area contributed by atoms with E-state index in [2.05, 4.69) is 28.8 Å². The molecule has 2 bridgehead atoms. The number of benzene rings is 2. The summed E-state index contributed by atoms with van der Waals surface area (Å²) in [5.74, 6) is 0.871. The number of amides is 1. The van der Waals surface area contributed by atoms with Crippen molar-refractivity contribution >= 4 is 17.2 Å². The van der Waals surface area contributed by atoms with E-state index in [-0.39, 0.29) is 11.9 Å². The SMILES string of the molecule is O=C(N[C@@H]1C[C@H]2CC[C@@H]1N2)c1ccc(-c2cccc(OCc3ccccc3)c2)s1. The summed E-state index contributed by atoms with van der Waals surface area (Å²) >= 11 is 1.53. The largest absolute Gasteiger partial charge is 0.489 e. The maximum atomic E-state index is 12.7. The van der Waals surface area contributed by atoms with Crippen molar-refractivity contribution < 1.29 is 9.53 Å². The van der Waals surface area contributed by atoms with Gasteiger partial charge in [0.2, 0.25) is 0 Å². The fraction of sp³-hybridized carbons (Fsp3) is 0.292. The fourth-order valence-corrected chi connectivity index (χ4v) is 5.22. The molecule has 2 aliphatic heterocycles.